The lowest BCUT2D eigenvalue weighted by Crippen LogP contribution is -2.00. The minimum Gasteiger partial charge on any atom is -0.450 e. The summed E-state index contributed by atoms with van der Waals surface area (Å²) in [5.41, 5.74) is 0.479. The van der Waals surface area contributed by atoms with E-state index in [1.807, 2.05) is 0 Å². The van der Waals surface area contributed by atoms with E-state index in [0.29, 0.717) is 11.5 Å². The Morgan fingerprint density at radius 1 is 0.643 bits per heavy atom. The molecule has 0 spiro atoms. The Bertz CT molecular complexity index is 984. The number of nitro benzene ring substituents is 2. The van der Waals surface area contributed by atoms with Crippen molar-refractivity contribution in [3.8, 4) is 23.0 Å². The number of nitrogens with zero attached hydrogens (tertiary/aromatic N) is 2. The minimum absolute atomic E-state index is 0.145. The number of hydrogen-bond donors (Lipinski definition) is 0. The molecule has 0 aliphatic carbocycles. The third-order valence-corrected chi connectivity index (χ3v) is 4.06. The molecule has 3 rings (SSSR count). The Labute approximate surface area is 160 Å². The van der Waals surface area contributed by atoms with Crippen LogP contribution in [-0.2, 0) is 0 Å². The second-order valence-corrected chi connectivity index (χ2v) is 6.04. The molecule has 0 bridgehead atoms. The molecular weight excluding hydrogens is 364 g/mol. The molecule has 0 radical (unpaired) electrons. The molecule has 142 valence electrons. The zero-order valence-electron chi connectivity index (χ0n) is 15.1. The molecule has 0 unspecified atom stereocenters. The molecule has 0 atom stereocenters. The van der Waals surface area contributed by atoms with Gasteiger partial charge in [0.1, 0.15) is 17.6 Å². The molecule has 0 saturated carbocycles. The lowest BCUT2D eigenvalue weighted by atomic mass is 10.2. The van der Waals surface area contributed by atoms with Crippen LogP contribution in [0.3, 0.4) is 0 Å². The summed E-state index contributed by atoms with van der Waals surface area (Å²) in [6.07, 6.45) is 0. The van der Waals surface area contributed by atoms with Gasteiger partial charge in [-0.15, -0.1) is 0 Å². The van der Waals surface area contributed by atoms with Crippen molar-refractivity contribution in [2.24, 2.45) is 0 Å². The summed E-state index contributed by atoms with van der Waals surface area (Å²) in [6, 6.07) is 16.0. The van der Waals surface area contributed by atoms with Gasteiger partial charge in [0, 0.05) is 6.07 Å². The highest BCUT2D eigenvalue weighted by Gasteiger charge is 2.28. The molecule has 0 aliphatic rings. The summed E-state index contributed by atoms with van der Waals surface area (Å²) in [7, 11) is 0. The Hall–Kier alpha value is -3.94. The highest BCUT2D eigenvalue weighted by molar-refractivity contribution is 5.63. The number of rotatable bonds is 6. The van der Waals surface area contributed by atoms with Crippen molar-refractivity contribution in [1.29, 1.82) is 0 Å². The Kier molecular flexibility index (Phi) is 5.21. The second-order valence-electron chi connectivity index (χ2n) is 6.04. The molecular formula is C20H16N2O6. The van der Waals surface area contributed by atoms with Gasteiger partial charge in [-0.2, -0.15) is 0 Å². The van der Waals surface area contributed by atoms with Gasteiger partial charge in [0.05, 0.1) is 9.85 Å². The van der Waals surface area contributed by atoms with Gasteiger partial charge in [0.15, 0.2) is 0 Å². The lowest BCUT2D eigenvalue weighted by Gasteiger charge is -2.12. The zero-order chi connectivity index (χ0) is 20.3. The Balaban J connectivity index is 2.13. The van der Waals surface area contributed by atoms with E-state index in [1.54, 1.807) is 62.4 Å². The third-order valence-electron chi connectivity index (χ3n) is 4.06. The number of benzene rings is 3. The summed E-state index contributed by atoms with van der Waals surface area (Å²) < 4.78 is 11.4. The van der Waals surface area contributed by atoms with Crippen LogP contribution >= 0.6 is 0 Å². The van der Waals surface area contributed by atoms with Crippen LogP contribution < -0.4 is 9.47 Å². The number of nitro groups is 2. The number of hydrogen-bond acceptors (Lipinski definition) is 6. The van der Waals surface area contributed by atoms with Crippen molar-refractivity contribution in [2.45, 2.75) is 13.8 Å². The van der Waals surface area contributed by atoms with Crippen molar-refractivity contribution in [2.75, 3.05) is 0 Å². The van der Waals surface area contributed by atoms with Crippen molar-refractivity contribution < 1.29 is 19.3 Å². The maximum absolute atomic E-state index is 11.5. The Morgan fingerprint density at radius 3 is 1.39 bits per heavy atom. The fourth-order valence-electron chi connectivity index (χ4n) is 2.57. The van der Waals surface area contributed by atoms with Crippen LogP contribution in [0.25, 0.3) is 0 Å². The van der Waals surface area contributed by atoms with Gasteiger partial charge in [-0.25, -0.2) is 0 Å². The number of aryl methyl sites for hydroxylation is 2. The van der Waals surface area contributed by atoms with Crippen LogP contribution in [0.4, 0.5) is 11.4 Å². The van der Waals surface area contributed by atoms with E-state index in [4.69, 9.17) is 9.47 Å². The van der Waals surface area contributed by atoms with Gasteiger partial charge >= 0.3 is 11.4 Å². The first kappa shape index (κ1) is 18.8. The fourth-order valence-corrected chi connectivity index (χ4v) is 2.57. The predicted molar refractivity (Wildman–Crippen MR) is 102 cm³/mol. The lowest BCUT2D eigenvalue weighted by molar-refractivity contribution is -0.395. The first-order valence-electron chi connectivity index (χ1n) is 8.30. The monoisotopic (exact) mass is 380 g/mol. The molecule has 0 fully saturated rings. The normalized spacial score (nSPS) is 10.4. The van der Waals surface area contributed by atoms with Crippen LogP contribution in [0, 0.1) is 34.1 Å². The summed E-state index contributed by atoms with van der Waals surface area (Å²) >= 11 is 0. The molecule has 3 aromatic rings. The average molecular weight is 380 g/mol. The van der Waals surface area contributed by atoms with E-state index in [2.05, 4.69) is 0 Å². The standard InChI is InChI=1S/C20H16N2O6/c1-13-7-3-5-9-17(13)27-19-12-20(28-18-10-6-4-8-14(18)2)16(22(25)26)11-15(19)21(23)24/h3-12H,1-2H3. The van der Waals surface area contributed by atoms with Gasteiger partial charge < -0.3 is 9.47 Å². The largest absolute Gasteiger partial charge is 0.450 e. The number of ether oxygens (including phenoxy) is 2. The van der Waals surface area contributed by atoms with E-state index in [0.717, 1.165) is 17.2 Å². The third kappa shape index (κ3) is 3.90. The fraction of sp³-hybridized carbons (Fsp3) is 0.100. The molecule has 3 aromatic carbocycles. The highest BCUT2D eigenvalue weighted by atomic mass is 16.6. The summed E-state index contributed by atoms with van der Waals surface area (Å²) in [4.78, 5) is 21.5. The Morgan fingerprint density at radius 2 is 1.04 bits per heavy atom. The van der Waals surface area contributed by atoms with E-state index < -0.39 is 21.2 Å². The van der Waals surface area contributed by atoms with Gasteiger partial charge in [-0.1, -0.05) is 36.4 Å². The SMILES string of the molecule is Cc1ccccc1Oc1cc(Oc2ccccc2C)c([N+](=O)[O-])cc1[N+](=O)[O-]. The molecule has 0 aliphatic heterocycles. The van der Waals surface area contributed by atoms with E-state index in [-0.39, 0.29) is 11.5 Å². The molecule has 0 saturated heterocycles. The van der Waals surface area contributed by atoms with Crippen LogP contribution in [0.15, 0.2) is 60.7 Å². The molecule has 0 amide bonds. The first-order chi connectivity index (χ1) is 13.4. The maximum atomic E-state index is 11.5. The molecule has 0 heterocycles. The van der Waals surface area contributed by atoms with Crippen LogP contribution in [-0.4, -0.2) is 9.85 Å². The number of para-hydroxylation sites is 2. The van der Waals surface area contributed by atoms with Crippen molar-refractivity contribution >= 4 is 11.4 Å². The summed E-state index contributed by atoms with van der Waals surface area (Å²) in [5, 5.41) is 22.9. The van der Waals surface area contributed by atoms with Crippen LogP contribution in [0.2, 0.25) is 0 Å². The quantitative estimate of drug-likeness (QED) is 0.401. The van der Waals surface area contributed by atoms with Gasteiger partial charge in [0.2, 0.25) is 11.5 Å². The van der Waals surface area contributed by atoms with Gasteiger partial charge in [-0.05, 0) is 37.1 Å². The second kappa shape index (κ2) is 7.75. The summed E-state index contributed by atoms with van der Waals surface area (Å²) in [5.74, 6) is 0.518. The molecule has 0 N–H and O–H groups in total. The average Bonchev–Trinajstić information content (AvgIpc) is 2.65. The molecule has 8 nitrogen and oxygen atoms in total. The van der Waals surface area contributed by atoms with E-state index in [1.165, 1.54) is 6.07 Å². The first-order valence-corrected chi connectivity index (χ1v) is 8.30. The van der Waals surface area contributed by atoms with Crippen LogP contribution in [0.1, 0.15) is 11.1 Å². The zero-order valence-corrected chi connectivity index (χ0v) is 15.1. The van der Waals surface area contributed by atoms with Gasteiger partial charge in [-0.3, -0.25) is 20.2 Å². The molecule has 28 heavy (non-hydrogen) atoms. The van der Waals surface area contributed by atoms with Crippen molar-refractivity contribution in [3.05, 3.63) is 92.0 Å². The minimum atomic E-state index is -0.724. The van der Waals surface area contributed by atoms with Crippen molar-refractivity contribution in [3.63, 3.8) is 0 Å². The molecule has 0 aromatic heterocycles. The molecule has 8 heteroatoms. The predicted octanol–water partition coefficient (Wildman–Crippen LogP) is 5.70. The maximum Gasteiger partial charge on any atom is 0.318 e. The van der Waals surface area contributed by atoms with E-state index in [9.17, 15) is 20.2 Å². The van der Waals surface area contributed by atoms with Crippen molar-refractivity contribution in [1.82, 2.24) is 0 Å². The highest BCUT2D eigenvalue weighted by Crippen LogP contribution is 2.43. The van der Waals surface area contributed by atoms with Crippen LogP contribution in [0.5, 0.6) is 23.0 Å². The van der Waals surface area contributed by atoms with Gasteiger partial charge in [0.25, 0.3) is 0 Å². The topological polar surface area (TPSA) is 105 Å². The summed E-state index contributed by atoms with van der Waals surface area (Å²) in [6.45, 7) is 3.58. The smallest absolute Gasteiger partial charge is 0.318 e. The van der Waals surface area contributed by atoms with E-state index >= 15 is 0 Å².